The van der Waals surface area contributed by atoms with Gasteiger partial charge in [-0.25, -0.2) is 0 Å². The molecule has 0 bridgehead atoms. The molecule has 1 saturated carbocycles. The molecule has 1 fully saturated rings. The normalized spacial score (nSPS) is 28.7. The zero-order chi connectivity index (χ0) is 12.5. The van der Waals surface area contributed by atoms with Gasteiger partial charge < -0.3 is 5.11 Å². The smallest absolute Gasteiger partial charge is 0.0847 e. The molecule has 1 aromatic carbocycles. The van der Waals surface area contributed by atoms with Gasteiger partial charge in [-0.2, -0.15) is 5.26 Å². The highest BCUT2D eigenvalue weighted by Crippen LogP contribution is 2.40. The zero-order valence-electron chi connectivity index (χ0n) is 9.29. The average molecular weight is 270 g/mol. The second kappa shape index (κ2) is 4.86. The van der Waals surface area contributed by atoms with Crippen LogP contribution in [0.1, 0.15) is 31.2 Å². The van der Waals surface area contributed by atoms with Crippen LogP contribution >= 0.6 is 23.2 Å². The van der Waals surface area contributed by atoms with Gasteiger partial charge in [0.25, 0.3) is 0 Å². The zero-order valence-corrected chi connectivity index (χ0v) is 10.8. The van der Waals surface area contributed by atoms with Gasteiger partial charge in [-0.1, -0.05) is 29.3 Å². The SMILES string of the molecule is N#C[C@@]1(c2ccc(Cl)c(Cl)c2)CCC[C@@H](O)C1. The van der Waals surface area contributed by atoms with E-state index in [-0.39, 0.29) is 0 Å². The van der Waals surface area contributed by atoms with Crippen LogP contribution in [0, 0.1) is 11.3 Å². The van der Waals surface area contributed by atoms with E-state index < -0.39 is 11.5 Å². The number of rotatable bonds is 1. The van der Waals surface area contributed by atoms with Crippen LogP contribution in [0.4, 0.5) is 0 Å². The highest BCUT2D eigenvalue weighted by molar-refractivity contribution is 6.42. The van der Waals surface area contributed by atoms with Crippen molar-refractivity contribution in [3.8, 4) is 6.07 Å². The van der Waals surface area contributed by atoms with Crippen LogP contribution in [-0.2, 0) is 5.41 Å². The van der Waals surface area contributed by atoms with Crippen LogP contribution in [0.5, 0.6) is 0 Å². The maximum Gasteiger partial charge on any atom is 0.0847 e. The summed E-state index contributed by atoms with van der Waals surface area (Å²) < 4.78 is 0. The van der Waals surface area contributed by atoms with E-state index in [0.717, 1.165) is 24.8 Å². The van der Waals surface area contributed by atoms with Gasteiger partial charge in [0.2, 0.25) is 0 Å². The Morgan fingerprint density at radius 2 is 2.12 bits per heavy atom. The Morgan fingerprint density at radius 1 is 1.35 bits per heavy atom. The molecule has 0 amide bonds. The first-order chi connectivity index (χ1) is 8.07. The minimum atomic E-state index is -0.619. The predicted molar refractivity (Wildman–Crippen MR) is 68.2 cm³/mol. The molecule has 1 aliphatic carbocycles. The number of benzene rings is 1. The molecule has 1 aliphatic rings. The Labute approximate surface area is 111 Å². The van der Waals surface area contributed by atoms with Crippen molar-refractivity contribution in [1.82, 2.24) is 0 Å². The number of aliphatic hydroxyl groups excluding tert-OH is 1. The third-order valence-corrected chi connectivity index (χ3v) is 4.15. The van der Waals surface area contributed by atoms with Crippen molar-refractivity contribution in [2.45, 2.75) is 37.2 Å². The van der Waals surface area contributed by atoms with E-state index in [0.29, 0.717) is 16.5 Å². The van der Waals surface area contributed by atoms with Gasteiger partial charge in [0.05, 0.1) is 27.6 Å². The molecule has 0 aliphatic heterocycles. The fraction of sp³-hybridized carbons (Fsp3) is 0.462. The number of hydrogen-bond donors (Lipinski definition) is 1. The Hall–Kier alpha value is -0.750. The number of hydrogen-bond acceptors (Lipinski definition) is 2. The van der Waals surface area contributed by atoms with Crippen molar-refractivity contribution in [1.29, 1.82) is 5.26 Å². The second-order valence-corrected chi connectivity index (χ2v) is 5.39. The topological polar surface area (TPSA) is 44.0 Å². The monoisotopic (exact) mass is 269 g/mol. The number of nitriles is 1. The van der Waals surface area contributed by atoms with Gasteiger partial charge in [-0.3, -0.25) is 0 Å². The first kappa shape index (κ1) is 12.7. The highest BCUT2D eigenvalue weighted by Gasteiger charge is 2.37. The van der Waals surface area contributed by atoms with Crippen LogP contribution < -0.4 is 0 Å². The first-order valence-electron chi connectivity index (χ1n) is 5.62. The number of aliphatic hydroxyl groups is 1. The molecule has 0 aromatic heterocycles. The summed E-state index contributed by atoms with van der Waals surface area (Å²) in [5.41, 5.74) is 0.236. The van der Waals surface area contributed by atoms with Crippen molar-refractivity contribution in [3.05, 3.63) is 33.8 Å². The Balaban J connectivity index is 2.41. The molecule has 17 heavy (non-hydrogen) atoms. The lowest BCUT2D eigenvalue weighted by atomic mass is 9.69. The Morgan fingerprint density at radius 3 is 2.71 bits per heavy atom. The largest absolute Gasteiger partial charge is 0.393 e. The molecule has 2 atom stereocenters. The van der Waals surface area contributed by atoms with E-state index in [1.165, 1.54) is 0 Å². The number of nitrogens with zero attached hydrogens (tertiary/aromatic N) is 1. The van der Waals surface area contributed by atoms with Crippen molar-refractivity contribution < 1.29 is 5.11 Å². The first-order valence-corrected chi connectivity index (χ1v) is 6.38. The third-order valence-electron chi connectivity index (χ3n) is 3.41. The molecule has 90 valence electrons. The summed E-state index contributed by atoms with van der Waals surface area (Å²) in [6, 6.07) is 7.63. The fourth-order valence-corrected chi connectivity index (χ4v) is 2.77. The summed E-state index contributed by atoms with van der Waals surface area (Å²) in [6.07, 6.45) is 2.46. The average Bonchev–Trinajstić information content (AvgIpc) is 2.32. The molecular formula is C13H13Cl2NO. The van der Waals surface area contributed by atoms with Crippen molar-refractivity contribution in [2.75, 3.05) is 0 Å². The van der Waals surface area contributed by atoms with Crippen molar-refractivity contribution in [2.24, 2.45) is 0 Å². The van der Waals surface area contributed by atoms with E-state index >= 15 is 0 Å². The molecule has 4 heteroatoms. The maximum atomic E-state index is 9.75. The Kier molecular flexibility index (Phi) is 3.63. The molecule has 0 saturated heterocycles. The minimum Gasteiger partial charge on any atom is -0.393 e. The molecule has 1 aromatic rings. The van der Waals surface area contributed by atoms with Gasteiger partial charge in [-0.15, -0.1) is 0 Å². The third kappa shape index (κ3) is 2.42. The van der Waals surface area contributed by atoms with E-state index in [9.17, 15) is 10.4 Å². The van der Waals surface area contributed by atoms with Crippen molar-refractivity contribution >= 4 is 23.2 Å². The lowest BCUT2D eigenvalue weighted by Gasteiger charge is -2.34. The molecule has 1 N–H and O–H groups in total. The molecule has 2 rings (SSSR count). The summed E-state index contributed by atoms with van der Waals surface area (Å²) in [5, 5.41) is 20.1. The van der Waals surface area contributed by atoms with Crippen LogP contribution in [0.2, 0.25) is 10.0 Å². The summed E-state index contributed by atoms with van der Waals surface area (Å²) in [4.78, 5) is 0. The summed E-state index contributed by atoms with van der Waals surface area (Å²) in [5.74, 6) is 0. The molecule has 0 radical (unpaired) electrons. The highest BCUT2D eigenvalue weighted by atomic mass is 35.5. The van der Waals surface area contributed by atoms with Gasteiger partial charge in [-0.05, 0) is 43.4 Å². The van der Waals surface area contributed by atoms with Crippen LogP contribution in [0.25, 0.3) is 0 Å². The van der Waals surface area contributed by atoms with Crippen LogP contribution in [0.3, 0.4) is 0 Å². The quantitative estimate of drug-likeness (QED) is 0.845. The van der Waals surface area contributed by atoms with Gasteiger partial charge in [0.15, 0.2) is 0 Å². The van der Waals surface area contributed by atoms with Gasteiger partial charge in [0, 0.05) is 0 Å². The van der Waals surface area contributed by atoms with Gasteiger partial charge in [0.1, 0.15) is 0 Å². The lowest BCUT2D eigenvalue weighted by molar-refractivity contribution is 0.102. The molecule has 2 nitrogen and oxygen atoms in total. The van der Waals surface area contributed by atoms with E-state index in [2.05, 4.69) is 6.07 Å². The lowest BCUT2D eigenvalue weighted by Crippen LogP contribution is -2.33. The fourth-order valence-electron chi connectivity index (χ4n) is 2.47. The van der Waals surface area contributed by atoms with Crippen molar-refractivity contribution in [3.63, 3.8) is 0 Å². The van der Waals surface area contributed by atoms with Crippen LogP contribution in [0.15, 0.2) is 18.2 Å². The summed E-state index contributed by atoms with van der Waals surface area (Å²) in [7, 11) is 0. The standard InChI is InChI=1S/C13H13Cl2NO/c14-11-4-3-9(6-12(11)15)13(8-16)5-1-2-10(17)7-13/h3-4,6,10,17H,1-2,5,7H2/t10-,13-/m1/s1. The van der Waals surface area contributed by atoms with Crippen LogP contribution in [-0.4, -0.2) is 11.2 Å². The van der Waals surface area contributed by atoms with E-state index in [1.54, 1.807) is 12.1 Å². The molecule has 0 spiro atoms. The molecular weight excluding hydrogens is 257 g/mol. The summed E-state index contributed by atoms with van der Waals surface area (Å²) in [6.45, 7) is 0. The minimum absolute atomic E-state index is 0.405. The van der Waals surface area contributed by atoms with E-state index in [4.69, 9.17) is 23.2 Å². The number of halogens is 2. The molecule has 0 unspecified atom stereocenters. The Bertz CT molecular complexity index is 469. The molecule has 0 heterocycles. The second-order valence-electron chi connectivity index (χ2n) is 4.57. The van der Waals surface area contributed by atoms with Gasteiger partial charge >= 0.3 is 0 Å². The van der Waals surface area contributed by atoms with E-state index in [1.807, 2.05) is 6.07 Å². The maximum absolute atomic E-state index is 9.75. The summed E-state index contributed by atoms with van der Waals surface area (Å²) >= 11 is 11.9. The predicted octanol–water partition coefficient (Wildman–Crippen LogP) is 3.69.